The molecule has 2 aromatic rings. The van der Waals surface area contributed by atoms with Crippen LogP contribution in [0.5, 0.6) is 17.2 Å². The second kappa shape index (κ2) is 8.47. The molecule has 0 bridgehead atoms. The summed E-state index contributed by atoms with van der Waals surface area (Å²) in [5.74, 6) is -0.560. The predicted molar refractivity (Wildman–Crippen MR) is 93.7 cm³/mol. The zero-order valence-electron chi connectivity index (χ0n) is 14.1. The Morgan fingerprint density at radius 1 is 1.35 bits per heavy atom. The molecule has 0 saturated heterocycles. The third-order valence-electron chi connectivity index (χ3n) is 3.35. The first-order valence-corrected chi connectivity index (χ1v) is 7.48. The first-order chi connectivity index (χ1) is 12.4. The van der Waals surface area contributed by atoms with Gasteiger partial charge in [-0.2, -0.15) is 5.10 Å². The molecule has 0 aromatic heterocycles. The molecule has 0 fully saturated rings. The highest BCUT2D eigenvalue weighted by atomic mass is 16.6. The van der Waals surface area contributed by atoms with Gasteiger partial charge in [-0.25, -0.2) is 5.43 Å². The maximum atomic E-state index is 11.7. The van der Waals surface area contributed by atoms with E-state index < -0.39 is 22.3 Å². The largest absolute Gasteiger partial charge is 0.500 e. The second-order valence-corrected chi connectivity index (χ2v) is 5.20. The topological polar surface area (TPSA) is 123 Å². The molecule has 26 heavy (non-hydrogen) atoms. The lowest BCUT2D eigenvalue weighted by atomic mass is 10.2. The fraction of sp³-hybridized carbons (Fsp3) is 0.176. The van der Waals surface area contributed by atoms with E-state index in [0.29, 0.717) is 5.75 Å². The van der Waals surface area contributed by atoms with Gasteiger partial charge in [-0.1, -0.05) is 18.2 Å². The number of hydrogen-bond donors (Lipinski definition) is 2. The molecular weight excluding hydrogens is 342 g/mol. The molecule has 0 atom stereocenters. The van der Waals surface area contributed by atoms with Crippen LogP contribution in [0.2, 0.25) is 0 Å². The number of nitro benzene ring substituents is 1. The van der Waals surface area contributed by atoms with Crippen LogP contribution in [0, 0.1) is 17.0 Å². The average molecular weight is 359 g/mol. The predicted octanol–water partition coefficient (Wildman–Crippen LogP) is 2.15. The molecule has 0 unspecified atom stereocenters. The minimum Gasteiger partial charge on any atom is -0.500 e. The summed E-state index contributed by atoms with van der Waals surface area (Å²) in [7, 11) is 1.27. The van der Waals surface area contributed by atoms with E-state index in [1.807, 2.05) is 19.1 Å². The fourth-order valence-electron chi connectivity index (χ4n) is 2.06. The van der Waals surface area contributed by atoms with Crippen molar-refractivity contribution in [3.63, 3.8) is 0 Å². The molecule has 1 amide bonds. The zero-order chi connectivity index (χ0) is 19.1. The number of carbonyl (C=O) groups excluding carboxylic acids is 1. The summed E-state index contributed by atoms with van der Waals surface area (Å²) in [5.41, 5.74) is 2.89. The molecule has 2 rings (SSSR count). The number of benzene rings is 2. The maximum Gasteiger partial charge on any atom is 0.315 e. The van der Waals surface area contributed by atoms with Crippen LogP contribution < -0.4 is 14.9 Å². The first kappa shape index (κ1) is 18.7. The number of hydrazone groups is 1. The third kappa shape index (κ3) is 4.69. The van der Waals surface area contributed by atoms with E-state index in [4.69, 9.17) is 9.47 Å². The number of aryl methyl sites for hydroxylation is 1. The maximum absolute atomic E-state index is 11.7. The molecule has 0 aliphatic heterocycles. The average Bonchev–Trinajstić information content (AvgIpc) is 2.62. The van der Waals surface area contributed by atoms with Crippen molar-refractivity contribution < 1.29 is 24.3 Å². The van der Waals surface area contributed by atoms with Gasteiger partial charge >= 0.3 is 5.69 Å². The highest BCUT2D eigenvalue weighted by Crippen LogP contribution is 2.36. The number of aromatic hydroxyl groups is 1. The van der Waals surface area contributed by atoms with Crippen LogP contribution in [0.25, 0.3) is 0 Å². The minimum atomic E-state index is -0.746. The van der Waals surface area contributed by atoms with E-state index in [2.05, 4.69) is 10.5 Å². The molecule has 0 spiro atoms. The lowest BCUT2D eigenvalue weighted by molar-refractivity contribution is -0.386. The third-order valence-corrected chi connectivity index (χ3v) is 3.35. The van der Waals surface area contributed by atoms with E-state index in [1.54, 1.807) is 12.1 Å². The van der Waals surface area contributed by atoms with Gasteiger partial charge in [0, 0.05) is 11.6 Å². The van der Waals surface area contributed by atoms with E-state index in [1.165, 1.54) is 19.4 Å². The summed E-state index contributed by atoms with van der Waals surface area (Å²) in [6, 6.07) is 9.71. The van der Waals surface area contributed by atoms with Crippen molar-refractivity contribution in [2.75, 3.05) is 13.7 Å². The Labute approximate surface area is 149 Å². The minimum absolute atomic E-state index is 0.0742. The molecule has 9 nitrogen and oxygen atoms in total. The lowest BCUT2D eigenvalue weighted by Crippen LogP contribution is -2.24. The Morgan fingerprint density at radius 2 is 2.08 bits per heavy atom. The van der Waals surface area contributed by atoms with E-state index in [0.717, 1.165) is 11.6 Å². The summed E-state index contributed by atoms with van der Waals surface area (Å²) >= 11 is 0. The van der Waals surface area contributed by atoms with Crippen molar-refractivity contribution >= 4 is 17.8 Å². The molecule has 9 heteroatoms. The number of rotatable bonds is 7. The molecule has 136 valence electrons. The van der Waals surface area contributed by atoms with Gasteiger partial charge in [0.1, 0.15) is 5.75 Å². The van der Waals surface area contributed by atoms with Crippen molar-refractivity contribution in [1.29, 1.82) is 0 Å². The number of para-hydroxylation sites is 1. The number of methoxy groups -OCH3 is 1. The lowest BCUT2D eigenvalue weighted by Gasteiger charge is -2.07. The van der Waals surface area contributed by atoms with Crippen molar-refractivity contribution in [3.8, 4) is 17.2 Å². The molecule has 0 radical (unpaired) electrons. The van der Waals surface area contributed by atoms with Crippen molar-refractivity contribution in [2.24, 2.45) is 5.10 Å². The molecule has 2 aromatic carbocycles. The number of nitro groups is 1. The van der Waals surface area contributed by atoms with Crippen LogP contribution in [0.4, 0.5) is 5.69 Å². The standard InChI is InChI=1S/C17H17N3O6/c1-11-5-3-4-6-14(11)26-10-16(21)19-18-9-12-7-13(20(23)24)17(22)15(8-12)25-2/h3-9,22H,10H2,1-2H3,(H,19,21)/b18-9+. The summed E-state index contributed by atoms with van der Waals surface area (Å²) < 4.78 is 10.3. The van der Waals surface area contributed by atoms with Crippen LogP contribution in [-0.2, 0) is 4.79 Å². The number of phenols is 1. The van der Waals surface area contributed by atoms with Gasteiger partial charge in [0.05, 0.1) is 18.2 Å². The van der Waals surface area contributed by atoms with Crippen molar-refractivity contribution in [2.45, 2.75) is 6.92 Å². The van der Waals surface area contributed by atoms with E-state index in [-0.39, 0.29) is 17.9 Å². The monoisotopic (exact) mass is 359 g/mol. The Kier molecular flexibility index (Phi) is 6.10. The van der Waals surface area contributed by atoms with Gasteiger partial charge in [0.25, 0.3) is 5.91 Å². The number of nitrogens with one attached hydrogen (secondary N) is 1. The molecule has 0 saturated carbocycles. The highest BCUT2D eigenvalue weighted by molar-refractivity contribution is 5.85. The van der Waals surface area contributed by atoms with Crippen LogP contribution in [-0.4, -0.2) is 35.9 Å². The normalized spacial score (nSPS) is 10.5. The molecular formula is C17H17N3O6. The molecule has 2 N–H and O–H groups in total. The van der Waals surface area contributed by atoms with Crippen molar-refractivity contribution in [1.82, 2.24) is 5.43 Å². The first-order valence-electron chi connectivity index (χ1n) is 7.48. The van der Waals surface area contributed by atoms with Gasteiger partial charge in [-0.3, -0.25) is 14.9 Å². The molecule has 0 aliphatic rings. The van der Waals surface area contributed by atoms with Gasteiger partial charge in [0.15, 0.2) is 12.4 Å². The fourth-order valence-corrected chi connectivity index (χ4v) is 2.06. The van der Waals surface area contributed by atoms with Crippen LogP contribution in [0.15, 0.2) is 41.5 Å². The Morgan fingerprint density at radius 3 is 2.73 bits per heavy atom. The van der Waals surface area contributed by atoms with Crippen LogP contribution in [0.3, 0.4) is 0 Å². The molecule has 0 heterocycles. The molecule has 0 aliphatic carbocycles. The van der Waals surface area contributed by atoms with Gasteiger partial charge in [-0.15, -0.1) is 0 Å². The smallest absolute Gasteiger partial charge is 0.315 e. The summed E-state index contributed by atoms with van der Waals surface area (Å²) in [5, 5.41) is 24.3. The second-order valence-electron chi connectivity index (χ2n) is 5.20. The van der Waals surface area contributed by atoms with E-state index >= 15 is 0 Å². The van der Waals surface area contributed by atoms with E-state index in [9.17, 15) is 20.0 Å². The van der Waals surface area contributed by atoms with Gasteiger partial charge in [-0.05, 0) is 24.6 Å². The number of hydrogen-bond acceptors (Lipinski definition) is 7. The van der Waals surface area contributed by atoms with Crippen LogP contribution in [0.1, 0.15) is 11.1 Å². The summed E-state index contributed by atoms with van der Waals surface area (Å²) in [4.78, 5) is 21.9. The zero-order valence-corrected chi connectivity index (χ0v) is 14.1. The van der Waals surface area contributed by atoms with Crippen LogP contribution >= 0.6 is 0 Å². The SMILES string of the molecule is COc1cc(/C=N/NC(=O)COc2ccccc2C)cc([N+](=O)[O-])c1O. The highest BCUT2D eigenvalue weighted by Gasteiger charge is 2.19. The Bertz CT molecular complexity index is 850. The Hall–Kier alpha value is -3.62. The Balaban J connectivity index is 1.99. The quantitative estimate of drug-likeness (QED) is 0.443. The number of amides is 1. The number of nitrogens with zero attached hydrogens (tertiary/aromatic N) is 2. The van der Waals surface area contributed by atoms with Crippen molar-refractivity contribution in [3.05, 3.63) is 57.6 Å². The summed E-state index contributed by atoms with van der Waals surface area (Å²) in [6.07, 6.45) is 1.20. The number of phenolic OH excluding ortho intramolecular Hbond substituents is 1. The van der Waals surface area contributed by atoms with Gasteiger partial charge in [0.2, 0.25) is 5.75 Å². The van der Waals surface area contributed by atoms with Gasteiger partial charge < -0.3 is 14.6 Å². The number of ether oxygens (including phenoxy) is 2. The summed E-state index contributed by atoms with van der Waals surface area (Å²) in [6.45, 7) is 1.62. The number of carbonyl (C=O) groups is 1.